The summed E-state index contributed by atoms with van der Waals surface area (Å²) >= 11 is 0. The third-order valence-corrected chi connectivity index (χ3v) is 8.76. The van der Waals surface area contributed by atoms with Crippen LogP contribution in [0, 0.1) is 0 Å². The maximum atomic E-state index is 13.0. The normalized spacial score (nSPS) is 16.7. The average molecular weight is 552 g/mol. The highest BCUT2D eigenvalue weighted by molar-refractivity contribution is 7.89. The van der Waals surface area contributed by atoms with E-state index in [1.807, 2.05) is 30.3 Å². The van der Waals surface area contributed by atoms with E-state index in [0.717, 1.165) is 28.6 Å². The molecule has 2 atom stereocenters. The van der Waals surface area contributed by atoms with Gasteiger partial charge >= 0.3 is 0 Å². The molecule has 0 saturated carbocycles. The summed E-state index contributed by atoms with van der Waals surface area (Å²) in [6.07, 6.45) is 0.696. The van der Waals surface area contributed by atoms with E-state index < -0.39 is 16.1 Å². The third kappa shape index (κ3) is 7.18. The van der Waals surface area contributed by atoms with Crippen LogP contribution >= 0.6 is 0 Å². The first-order valence-electron chi connectivity index (χ1n) is 13.7. The highest BCUT2D eigenvalue weighted by Gasteiger charge is 2.27. The predicted molar refractivity (Wildman–Crippen MR) is 156 cm³/mol. The zero-order valence-corrected chi connectivity index (χ0v) is 24.6. The second-order valence-electron chi connectivity index (χ2n) is 11.8. The van der Waals surface area contributed by atoms with Crippen LogP contribution in [-0.4, -0.2) is 43.5 Å². The minimum absolute atomic E-state index is 0.0342. The lowest BCUT2D eigenvalue weighted by atomic mass is 9.97. The molecule has 1 aliphatic rings. The Morgan fingerprint density at radius 3 is 2.44 bits per heavy atom. The lowest BCUT2D eigenvalue weighted by Gasteiger charge is -2.39. The fourth-order valence-electron chi connectivity index (χ4n) is 5.31. The van der Waals surface area contributed by atoms with Crippen molar-refractivity contribution in [3.63, 3.8) is 0 Å². The summed E-state index contributed by atoms with van der Waals surface area (Å²) < 4.78 is 34.6. The highest BCUT2D eigenvalue weighted by atomic mass is 32.2. The lowest BCUT2D eigenvalue weighted by Crippen LogP contribution is -2.45. The Labute approximate surface area is 233 Å². The van der Waals surface area contributed by atoms with Gasteiger partial charge in [-0.25, -0.2) is 13.1 Å². The van der Waals surface area contributed by atoms with Gasteiger partial charge in [0, 0.05) is 42.6 Å². The first-order chi connectivity index (χ1) is 18.3. The van der Waals surface area contributed by atoms with E-state index in [2.05, 4.69) is 61.7 Å². The van der Waals surface area contributed by atoms with Gasteiger partial charge in [-0.1, -0.05) is 42.5 Å². The molecule has 4 rings (SSSR count). The zero-order valence-electron chi connectivity index (χ0n) is 23.8. The highest BCUT2D eigenvalue weighted by Crippen LogP contribution is 2.34. The van der Waals surface area contributed by atoms with Crippen LogP contribution in [0.25, 0.3) is 10.8 Å². The summed E-state index contributed by atoms with van der Waals surface area (Å²) in [5.41, 5.74) is 2.16. The van der Waals surface area contributed by atoms with Gasteiger partial charge in [-0.05, 0) is 76.1 Å². The summed E-state index contributed by atoms with van der Waals surface area (Å²) in [5.74, 6) is 0.594. The average Bonchev–Trinajstić information content (AvgIpc) is 2.85. The van der Waals surface area contributed by atoms with Crippen LogP contribution in [0.2, 0.25) is 0 Å². The Morgan fingerprint density at radius 2 is 1.74 bits per heavy atom. The van der Waals surface area contributed by atoms with Gasteiger partial charge in [0.15, 0.2) is 0 Å². The van der Waals surface area contributed by atoms with Gasteiger partial charge in [0.1, 0.15) is 5.75 Å². The van der Waals surface area contributed by atoms with E-state index in [1.165, 1.54) is 5.56 Å². The molecule has 210 valence electrons. The standard InChI is InChI=1S/C31H41N3O4S/c1-21(2)34(31(4,5)6)20-23-11-14-27-28(15-16-38-29(27)18-23)32-30(35)17-22(3)33-39(36,37)26-13-12-24-9-7-8-10-25(24)19-26/h7-14,18-19,21-22,28,33H,15-17,20H2,1-6H3,(H,32,35)/t22-,28?/m0/s1. The number of rotatable bonds is 9. The van der Waals surface area contributed by atoms with Crippen molar-refractivity contribution >= 4 is 26.7 Å². The monoisotopic (exact) mass is 551 g/mol. The Bertz CT molecular complexity index is 1430. The van der Waals surface area contributed by atoms with E-state index in [1.54, 1.807) is 25.1 Å². The smallest absolute Gasteiger partial charge is 0.240 e. The lowest BCUT2D eigenvalue weighted by molar-refractivity contribution is -0.122. The van der Waals surface area contributed by atoms with Crippen molar-refractivity contribution in [2.75, 3.05) is 6.61 Å². The molecule has 3 aromatic rings. The van der Waals surface area contributed by atoms with Gasteiger partial charge in [-0.3, -0.25) is 9.69 Å². The number of carbonyl (C=O) groups is 1. The van der Waals surface area contributed by atoms with Crippen LogP contribution in [0.5, 0.6) is 5.75 Å². The van der Waals surface area contributed by atoms with Crippen LogP contribution in [-0.2, 0) is 21.4 Å². The molecule has 0 aromatic heterocycles. The molecule has 0 fully saturated rings. The molecule has 1 heterocycles. The van der Waals surface area contributed by atoms with Crippen LogP contribution in [0.15, 0.2) is 65.6 Å². The number of nitrogens with zero attached hydrogens (tertiary/aromatic N) is 1. The topological polar surface area (TPSA) is 87.7 Å². The zero-order chi connectivity index (χ0) is 28.4. The Hall–Kier alpha value is -2.94. The molecule has 1 unspecified atom stereocenters. The molecule has 1 amide bonds. The number of benzene rings is 3. The number of carbonyl (C=O) groups excluding carboxylic acids is 1. The van der Waals surface area contributed by atoms with Crippen molar-refractivity contribution in [1.29, 1.82) is 0 Å². The number of amides is 1. The summed E-state index contributed by atoms with van der Waals surface area (Å²) in [5, 5.41) is 4.92. The van der Waals surface area contributed by atoms with Crippen molar-refractivity contribution in [1.82, 2.24) is 14.9 Å². The molecule has 39 heavy (non-hydrogen) atoms. The largest absolute Gasteiger partial charge is 0.493 e. The molecule has 8 heteroatoms. The molecule has 0 aliphatic carbocycles. The van der Waals surface area contributed by atoms with Crippen molar-refractivity contribution in [2.45, 2.75) is 89.5 Å². The minimum atomic E-state index is -3.76. The second-order valence-corrected chi connectivity index (χ2v) is 13.5. The number of hydrogen-bond acceptors (Lipinski definition) is 5. The van der Waals surface area contributed by atoms with E-state index in [4.69, 9.17) is 4.74 Å². The van der Waals surface area contributed by atoms with Gasteiger partial charge in [0.25, 0.3) is 0 Å². The Kier molecular flexibility index (Phi) is 8.69. The molecule has 0 saturated heterocycles. The molecule has 7 nitrogen and oxygen atoms in total. The third-order valence-electron chi connectivity index (χ3n) is 7.17. The summed E-state index contributed by atoms with van der Waals surface area (Å²) in [6.45, 7) is 14.1. The fraction of sp³-hybridized carbons (Fsp3) is 0.452. The second kappa shape index (κ2) is 11.7. The first kappa shape index (κ1) is 29.1. The van der Waals surface area contributed by atoms with Crippen LogP contribution in [0.1, 0.15) is 71.6 Å². The molecule has 1 aliphatic heterocycles. The number of nitrogens with one attached hydrogen (secondary N) is 2. The maximum absolute atomic E-state index is 13.0. The van der Waals surface area contributed by atoms with Crippen molar-refractivity contribution in [3.8, 4) is 5.75 Å². The Morgan fingerprint density at radius 1 is 1.03 bits per heavy atom. The van der Waals surface area contributed by atoms with Crippen molar-refractivity contribution in [3.05, 3.63) is 71.8 Å². The number of sulfonamides is 1. The predicted octanol–water partition coefficient (Wildman–Crippen LogP) is 5.55. The van der Waals surface area contributed by atoms with E-state index in [9.17, 15) is 13.2 Å². The van der Waals surface area contributed by atoms with E-state index >= 15 is 0 Å². The van der Waals surface area contributed by atoms with Gasteiger partial charge in [-0.2, -0.15) is 0 Å². The van der Waals surface area contributed by atoms with Gasteiger partial charge in [0.05, 0.1) is 17.5 Å². The molecular weight excluding hydrogens is 510 g/mol. The first-order valence-corrected chi connectivity index (χ1v) is 15.1. The fourth-order valence-corrected chi connectivity index (χ4v) is 6.59. The minimum Gasteiger partial charge on any atom is -0.493 e. The van der Waals surface area contributed by atoms with Crippen LogP contribution in [0.4, 0.5) is 0 Å². The number of hydrogen-bond donors (Lipinski definition) is 2. The van der Waals surface area contributed by atoms with Crippen molar-refractivity contribution < 1.29 is 17.9 Å². The van der Waals surface area contributed by atoms with Gasteiger partial charge < -0.3 is 10.1 Å². The van der Waals surface area contributed by atoms with Gasteiger partial charge in [0.2, 0.25) is 15.9 Å². The molecule has 0 radical (unpaired) electrons. The molecule has 0 bridgehead atoms. The van der Waals surface area contributed by atoms with Crippen LogP contribution in [0.3, 0.4) is 0 Å². The van der Waals surface area contributed by atoms with E-state index in [-0.39, 0.29) is 28.8 Å². The number of fused-ring (bicyclic) bond motifs is 2. The summed E-state index contributed by atoms with van der Waals surface area (Å²) in [6, 6.07) is 18.5. The molecular formula is C31H41N3O4S. The summed E-state index contributed by atoms with van der Waals surface area (Å²) in [7, 11) is -3.76. The van der Waals surface area contributed by atoms with E-state index in [0.29, 0.717) is 19.1 Å². The quantitative estimate of drug-likeness (QED) is 0.364. The van der Waals surface area contributed by atoms with Gasteiger partial charge in [-0.15, -0.1) is 0 Å². The SMILES string of the molecule is CC(C)N(Cc1ccc2c(c1)OCCC2NC(=O)C[C@H](C)NS(=O)(=O)c1ccc2ccccc2c1)C(C)(C)C. The number of ether oxygens (including phenoxy) is 1. The van der Waals surface area contributed by atoms with Crippen LogP contribution < -0.4 is 14.8 Å². The molecule has 2 N–H and O–H groups in total. The summed E-state index contributed by atoms with van der Waals surface area (Å²) in [4.78, 5) is 15.6. The molecule has 3 aromatic carbocycles. The van der Waals surface area contributed by atoms with Crippen molar-refractivity contribution in [2.24, 2.45) is 0 Å². The maximum Gasteiger partial charge on any atom is 0.240 e. The molecule has 0 spiro atoms. The Balaban J connectivity index is 1.39.